The quantitative estimate of drug-likeness (QED) is 0.494. The molecular formula is C12H11Cl. The average molecular weight is 191 g/mol. The lowest BCUT2D eigenvalue weighted by Gasteiger charge is -2.07. The van der Waals surface area contributed by atoms with Gasteiger partial charge in [0, 0.05) is 10.6 Å². The molecule has 1 atom stereocenters. The van der Waals surface area contributed by atoms with Gasteiger partial charge in [0.15, 0.2) is 0 Å². The van der Waals surface area contributed by atoms with Crippen molar-refractivity contribution in [2.45, 2.75) is 12.8 Å². The van der Waals surface area contributed by atoms with Gasteiger partial charge in [0.05, 0.1) is 0 Å². The first kappa shape index (κ1) is 9.89. The SMILES string of the molecule is C#Cc1cc(Cl)cc(C(C)C=C)c1. The molecule has 0 aliphatic rings. The molecule has 0 radical (unpaired) electrons. The molecule has 0 saturated heterocycles. The molecule has 0 saturated carbocycles. The maximum absolute atomic E-state index is 5.90. The molecule has 1 unspecified atom stereocenters. The summed E-state index contributed by atoms with van der Waals surface area (Å²) in [6.45, 7) is 5.78. The molecule has 0 spiro atoms. The zero-order chi connectivity index (χ0) is 9.84. The molecule has 0 bridgehead atoms. The number of terminal acetylenes is 1. The van der Waals surface area contributed by atoms with Crippen LogP contribution >= 0.6 is 11.6 Å². The van der Waals surface area contributed by atoms with Crippen LogP contribution < -0.4 is 0 Å². The van der Waals surface area contributed by atoms with Crippen molar-refractivity contribution < 1.29 is 0 Å². The molecule has 0 nitrogen and oxygen atoms in total. The Morgan fingerprint density at radius 1 is 1.54 bits per heavy atom. The maximum atomic E-state index is 5.90. The summed E-state index contributed by atoms with van der Waals surface area (Å²) in [7, 11) is 0. The summed E-state index contributed by atoms with van der Waals surface area (Å²) in [5, 5.41) is 0.680. The first-order chi connectivity index (χ1) is 6.17. The Hall–Kier alpha value is -1.19. The predicted molar refractivity (Wildman–Crippen MR) is 58.0 cm³/mol. The normalized spacial score (nSPS) is 11.8. The lowest BCUT2D eigenvalue weighted by Crippen LogP contribution is -1.89. The molecule has 0 heterocycles. The lowest BCUT2D eigenvalue weighted by molar-refractivity contribution is 0.970. The van der Waals surface area contributed by atoms with Crippen molar-refractivity contribution in [1.82, 2.24) is 0 Å². The Kier molecular flexibility index (Phi) is 3.17. The third-order valence-electron chi connectivity index (χ3n) is 1.97. The van der Waals surface area contributed by atoms with E-state index in [4.69, 9.17) is 18.0 Å². The van der Waals surface area contributed by atoms with E-state index in [2.05, 4.69) is 19.4 Å². The smallest absolute Gasteiger partial charge is 0.0421 e. The van der Waals surface area contributed by atoms with Crippen molar-refractivity contribution in [1.29, 1.82) is 0 Å². The van der Waals surface area contributed by atoms with E-state index in [9.17, 15) is 0 Å². The molecule has 0 aliphatic heterocycles. The molecule has 0 N–H and O–H groups in total. The fourth-order valence-corrected chi connectivity index (χ4v) is 1.34. The van der Waals surface area contributed by atoms with E-state index in [1.54, 1.807) is 6.07 Å². The minimum atomic E-state index is 0.283. The van der Waals surface area contributed by atoms with Gasteiger partial charge >= 0.3 is 0 Å². The van der Waals surface area contributed by atoms with Crippen LogP contribution in [-0.4, -0.2) is 0 Å². The van der Waals surface area contributed by atoms with Crippen LogP contribution in [0.3, 0.4) is 0 Å². The highest BCUT2D eigenvalue weighted by Gasteiger charge is 2.03. The van der Waals surface area contributed by atoms with Crippen molar-refractivity contribution in [2.75, 3.05) is 0 Å². The Labute approximate surface area is 84.2 Å². The van der Waals surface area contributed by atoms with Gasteiger partial charge in [0.1, 0.15) is 0 Å². The molecule has 0 fully saturated rings. The molecule has 0 amide bonds. The molecule has 1 heteroatoms. The third-order valence-corrected chi connectivity index (χ3v) is 2.18. The summed E-state index contributed by atoms with van der Waals surface area (Å²) in [5.74, 6) is 2.85. The number of benzene rings is 1. The Bertz CT molecular complexity index is 358. The molecule has 0 aromatic heterocycles. The van der Waals surface area contributed by atoms with E-state index in [0.717, 1.165) is 11.1 Å². The third kappa shape index (κ3) is 2.37. The number of halogens is 1. The highest BCUT2D eigenvalue weighted by Crippen LogP contribution is 2.22. The summed E-state index contributed by atoms with van der Waals surface area (Å²) >= 11 is 5.90. The molecular weight excluding hydrogens is 180 g/mol. The first-order valence-electron chi connectivity index (χ1n) is 4.07. The first-order valence-corrected chi connectivity index (χ1v) is 4.45. The van der Waals surface area contributed by atoms with Crippen LogP contribution in [0.2, 0.25) is 5.02 Å². The van der Waals surface area contributed by atoms with E-state index in [1.807, 2.05) is 18.2 Å². The topological polar surface area (TPSA) is 0 Å². The Morgan fingerprint density at radius 2 is 2.23 bits per heavy atom. The summed E-state index contributed by atoms with van der Waals surface area (Å²) < 4.78 is 0. The second kappa shape index (κ2) is 4.16. The molecule has 0 aliphatic carbocycles. The number of hydrogen-bond acceptors (Lipinski definition) is 0. The van der Waals surface area contributed by atoms with Gasteiger partial charge in [0.2, 0.25) is 0 Å². The van der Waals surface area contributed by atoms with Gasteiger partial charge in [-0.3, -0.25) is 0 Å². The van der Waals surface area contributed by atoms with Crippen molar-refractivity contribution in [2.24, 2.45) is 0 Å². The number of allylic oxidation sites excluding steroid dienone is 1. The minimum absolute atomic E-state index is 0.283. The van der Waals surface area contributed by atoms with E-state index in [1.165, 1.54) is 0 Å². The van der Waals surface area contributed by atoms with Crippen LogP contribution in [-0.2, 0) is 0 Å². The lowest BCUT2D eigenvalue weighted by atomic mass is 9.99. The molecule has 1 aromatic rings. The van der Waals surface area contributed by atoms with E-state index in [-0.39, 0.29) is 5.92 Å². The van der Waals surface area contributed by atoms with Gasteiger partial charge in [0.25, 0.3) is 0 Å². The van der Waals surface area contributed by atoms with Gasteiger partial charge in [-0.05, 0) is 29.7 Å². The predicted octanol–water partition coefficient (Wildman–Crippen LogP) is 3.61. The van der Waals surface area contributed by atoms with Gasteiger partial charge in [-0.25, -0.2) is 0 Å². The Balaban J connectivity index is 3.17. The largest absolute Gasteiger partial charge is 0.115 e. The maximum Gasteiger partial charge on any atom is 0.0421 e. The van der Waals surface area contributed by atoms with Crippen molar-refractivity contribution in [3.8, 4) is 12.3 Å². The van der Waals surface area contributed by atoms with Crippen LogP contribution in [0.1, 0.15) is 24.0 Å². The van der Waals surface area contributed by atoms with Crippen LogP contribution in [0.25, 0.3) is 0 Å². The fourth-order valence-electron chi connectivity index (χ4n) is 1.09. The Morgan fingerprint density at radius 3 is 2.77 bits per heavy atom. The molecule has 1 aromatic carbocycles. The highest BCUT2D eigenvalue weighted by molar-refractivity contribution is 6.30. The standard InChI is InChI=1S/C12H11Cl/c1-4-9(3)11-6-10(5-2)7-12(13)8-11/h2,4,6-9H,1H2,3H3. The summed E-state index contributed by atoms with van der Waals surface area (Å²) in [5.41, 5.74) is 1.92. The summed E-state index contributed by atoms with van der Waals surface area (Å²) in [6, 6.07) is 5.65. The van der Waals surface area contributed by atoms with E-state index >= 15 is 0 Å². The number of hydrogen-bond donors (Lipinski definition) is 0. The minimum Gasteiger partial charge on any atom is -0.115 e. The van der Waals surface area contributed by atoms with Crippen LogP contribution in [0.5, 0.6) is 0 Å². The second-order valence-corrected chi connectivity index (χ2v) is 3.38. The van der Waals surface area contributed by atoms with Crippen LogP contribution in [0, 0.1) is 12.3 Å². The zero-order valence-electron chi connectivity index (χ0n) is 7.55. The van der Waals surface area contributed by atoms with Gasteiger partial charge < -0.3 is 0 Å². The fraction of sp³-hybridized carbons (Fsp3) is 0.167. The van der Waals surface area contributed by atoms with Crippen molar-refractivity contribution >= 4 is 11.6 Å². The molecule has 66 valence electrons. The van der Waals surface area contributed by atoms with E-state index in [0.29, 0.717) is 5.02 Å². The summed E-state index contributed by atoms with van der Waals surface area (Å²) in [6.07, 6.45) is 7.16. The second-order valence-electron chi connectivity index (χ2n) is 2.94. The van der Waals surface area contributed by atoms with Gasteiger partial charge in [-0.15, -0.1) is 13.0 Å². The van der Waals surface area contributed by atoms with Gasteiger partial charge in [-0.1, -0.05) is 30.5 Å². The van der Waals surface area contributed by atoms with Crippen LogP contribution in [0.15, 0.2) is 30.9 Å². The zero-order valence-corrected chi connectivity index (χ0v) is 8.31. The average Bonchev–Trinajstić information content (AvgIpc) is 2.15. The summed E-state index contributed by atoms with van der Waals surface area (Å²) in [4.78, 5) is 0. The molecule has 1 rings (SSSR count). The van der Waals surface area contributed by atoms with Gasteiger partial charge in [-0.2, -0.15) is 0 Å². The van der Waals surface area contributed by atoms with E-state index < -0.39 is 0 Å². The van der Waals surface area contributed by atoms with Crippen LogP contribution in [0.4, 0.5) is 0 Å². The molecule has 13 heavy (non-hydrogen) atoms. The highest BCUT2D eigenvalue weighted by atomic mass is 35.5. The monoisotopic (exact) mass is 190 g/mol. The van der Waals surface area contributed by atoms with Crippen molar-refractivity contribution in [3.63, 3.8) is 0 Å². The van der Waals surface area contributed by atoms with Crippen molar-refractivity contribution in [3.05, 3.63) is 47.0 Å². The number of rotatable bonds is 2.